The molecule has 1 amide bonds. The van der Waals surface area contributed by atoms with Crippen molar-refractivity contribution in [3.63, 3.8) is 0 Å². The van der Waals surface area contributed by atoms with Crippen molar-refractivity contribution in [2.75, 3.05) is 6.54 Å². The molecular formula is C23H20ClN3O2. The minimum atomic E-state index is -0.315. The van der Waals surface area contributed by atoms with Crippen molar-refractivity contribution in [3.8, 4) is 0 Å². The van der Waals surface area contributed by atoms with Crippen molar-refractivity contribution in [2.24, 2.45) is 0 Å². The maximum absolute atomic E-state index is 13.2. The molecule has 0 bridgehead atoms. The van der Waals surface area contributed by atoms with Gasteiger partial charge in [-0.2, -0.15) is 0 Å². The number of benzene rings is 2. The fourth-order valence-corrected chi connectivity index (χ4v) is 4.27. The van der Waals surface area contributed by atoms with Crippen molar-refractivity contribution in [1.82, 2.24) is 14.9 Å². The normalized spacial score (nSPS) is 16.2. The number of furan rings is 1. The first-order chi connectivity index (χ1) is 14.2. The van der Waals surface area contributed by atoms with Crippen molar-refractivity contribution in [2.45, 2.75) is 25.3 Å². The summed E-state index contributed by atoms with van der Waals surface area (Å²) in [5.74, 6) is 0.833. The van der Waals surface area contributed by atoms with Gasteiger partial charge in [0.05, 0.1) is 12.0 Å². The Kier molecular flexibility index (Phi) is 4.60. The number of para-hydroxylation sites is 1. The van der Waals surface area contributed by atoms with E-state index in [-0.39, 0.29) is 11.9 Å². The first-order valence-corrected chi connectivity index (χ1v) is 10.1. The van der Waals surface area contributed by atoms with E-state index in [9.17, 15) is 4.79 Å². The summed E-state index contributed by atoms with van der Waals surface area (Å²) >= 11 is 6.07. The van der Waals surface area contributed by atoms with Crippen LogP contribution in [0.25, 0.3) is 11.0 Å². The van der Waals surface area contributed by atoms with Gasteiger partial charge in [-0.3, -0.25) is 4.79 Å². The standard InChI is InChI=1S/C23H20ClN3O2/c24-17-6-3-4-15(12-17)8-9-21(28)27-11-10-18-22(26-14-25-18)23(27)20-13-16-5-1-2-7-19(16)29-20/h1-7,12-14,23H,8-11H2,(H,25,26)/t23-/m0/s1. The second-order valence-corrected chi connectivity index (χ2v) is 7.76. The molecule has 2 aromatic heterocycles. The van der Waals surface area contributed by atoms with Gasteiger partial charge in [0.1, 0.15) is 17.4 Å². The molecular weight excluding hydrogens is 386 g/mol. The highest BCUT2D eigenvalue weighted by Gasteiger charge is 2.36. The van der Waals surface area contributed by atoms with Gasteiger partial charge in [-0.25, -0.2) is 4.98 Å². The fourth-order valence-electron chi connectivity index (χ4n) is 4.06. The lowest BCUT2D eigenvalue weighted by atomic mass is 9.99. The summed E-state index contributed by atoms with van der Waals surface area (Å²) in [4.78, 5) is 22.8. The van der Waals surface area contributed by atoms with Crippen LogP contribution in [0.5, 0.6) is 0 Å². The maximum atomic E-state index is 13.2. The molecule has 1 aliphatic heterocycles. The Morgan fingerprint density at radius 2 is 2.10 bits per heavy atom. The third kappa shape index (κ3) is 3.42. The number of carbonyl (C=O) groups excluding carboxylic acids is 1. The van der Waals surface area contributed by atoms with E-state index >= 15 is 0 Å². The van der Waals surface area contributed by atoms with Crippen LogP contribution in [0.3, 0.4) is 0 Å². The minimum Gasteiger partial charge on any atom is -0.458 e. The summed E-state index contributed by atoms with van der Waals surface area (Å²) in [5, 5.41) is 1.71. The number of fused-ring (bicyclic) bond motifs is 2. The predicted molar refractivity (Wildman–Crippen MR) is 112 cm³/mol. The zero-order valence-corrected chi connectivity index (χ0v) is 16.5. The number of hydrogen-bond donors (Lipinski definition) is 1. The minimum absolute atomic E-state index is 0.0871. The van der Waals surface area contributed by atoms with Crippen LogP contribution in [0.2, 0.25) is 5.02 Å². The number of imidazole rings is 1. The molecule has 0 aliphatic carbocycles. The summed E-state index contributed by atoms with van der Waals surface area (Å²) in [6.45, 7) is 0.630. The maximum Gasteiger partial charge on any atom is 0.223 e. The first-order valence-electron chi connectivity index (χ1n) is 9.73. The largest absolute Gasteiger partial charge is 0.458 e. The summed E-state index contributed by atoms with van der Waals surface area (Å²) in [6, 6.07) is 17.3. The van der Waals surface area contributed by atoms with E-state index in [1.807, 2.05) is 59.5 Å². The number of aryl methyl sites for hydroxylation is 1. The lowest BCUT2D eigenvalue weighted by molar-refractivity contribution is -0.133. The van der Waals surface area contributed by atoms with E-state index in [4.69, 9.17) is 16.0 Å². The van der Waals surface area contributed by atoms with Crippen LogP contribution in [-0.4, -0.2) is 27.3 Å². The Balaban J connectivity index is 1.45. The molecule has 5 rings (SSSR count). The Bertz CT molecular complexity index is 1150. The number of amides is 1. The van der Waals surface area contributed by atoms with Gasteiger partial charge < -0.3 is 14.3 Å². The average molecular weight is 406 g/mol. The molecule has 4 aromatic rings. The SMILES string of the molecule is O=C(CCc1cccc(Cl)c1)N1CCc2[nH]cnc2[C@@H]1c1cc2ccccc2o1. The lowest BCUT2D eigenvalue weighted by Crippen LogP contribution is -2.40. The van der Waals surface area contributed by atoms with Gasteiger partial charge >= 0.3 is 0 Å². The molecule has 2 aromatic carbocycles. The smallest absolute Gasteiger partial charge is 0.223 e. The number of carbonyl (C=O) groups is 1. The highest BCUT2D eigenvalue weighted by molar-refractivity contribution is 6.30. The summed E-state index contributed by atoms with van der Waals surface area (Å²) in [5.41, 5.74) is 3.81. The molecule has 3 heterocycles. The van der Waals surface area contributed by atoms with Crippen LogP contribution in [-0.2, 0) is 17.6 Å². The van der Waals surface area contributed by atoms with Crippen molar-refractivity contribution in [1.29, 1.82) is 0 Å². The molecule has 0 fully saturated rings. The average Bonchev–Trinajstić information content (AvgIpc) is 3.37. The lowest BCUT2D eigenvalue weighted by Gasteiger charge is -2.33. The number of nitrogens with one attached hydrogen (secondary N) is 1. The molecule has 146 valence electrons. The number of rotatable bonds is 4. The third-order valence-electron chi connectivity index (χ3n) is 5.48. The quantitative estimate of drug-likeness (QED) is 0.524. The van der Waals surface area contributed by atoms with Gasteiger partial charge in [0.2, 0.25) is 5.91 Å². The van der Waals surface area contributed by atoms with Gasteiger partial charge in [-0.05, 0) is 36.2 Å². The molecule has 0 radical (unpaired) electrons. The highest BCUT2D eigenvalue weighted by Crippen LogP contribution is 2.36. The zero-order valence-electron chi connectivity index (χ0n) is 15.8. The second kappa shape index (κ2) is 7.41. The number of aromatic nitrogens is 2. The Labute approximate surface area is 173 Å². The van der Waals surface area contributed by atoms with E-state index in [0.29, 0.717) is 24.4 Å². The highest BCUT2D eigenvalue weighted by atomic mass is 35.5. The molecule has 1 atom stereocenters. The first kappa shape index (κ1) is 18.0. The summed E-state index contributed by atoms with van der Waals surface area (Å²) in [7, 11) is 0. The number of hydrogen-bond acceptors (Lipinski definition) is 3. The van der Waals surface area contributed by atoms with Crippen LogP contribution in [0.1, 0.15) is 35.2 Å². The van der Waals surface area contributed by atoms with Gasteiger partial charge in [-0.15, -0.1) is 0 Å². The number of halogens is 1. The summed E-state index contributed by atoms with van der Waals surface area (Å²) in [6.07, 6.45) is 3.52. The Hall–Kier alpha value is -3.05. The Morgan fingerprint density at radius 1 is 1.21 bits per heavy atom. The van der Waals surface area contributed by atoms with Gasteiger partial charge in [0.25, 0.3) is 0 Å². The zero-order chi connectivity index (χ0) is 19.8. The van der Waals surface area contributed by atoms with Crippen molar-refractivity contribution < 1.29 is 9.21 Å². The van der Waals surface area contributed by atoms with E-state index < -0.39 is 0 Å². The molecule has 0 saturated carbocycles. The van der Waals surface area contributed by atoms with Crippen molar-refractivity contribution >= 4 is 28.5 Å². The molecule has 5 nitrogen and oxygen atoms in total. The van der Waals surface area contributed by atoms with Crippen LogP contribution in [0.15, 0.2) is 65.3 Å². The molecule has 6 heteroatoms. The summed E-state index contributed by atoms with van der Waals surface area (Å²) < 4.78 is 6.13. The molecule has 0 spiro atoms. The third-order valence-corrected chi connectivity index (χ3v) is 5.71. The van der Waals surface area contributed by atoms with E-state index in [1.54, 1.807) is 6.33 Å². The van der Waals surface area contributed by atoms with Crippen LogP contribution in [0.4, 0.5) is 0 Å². The predicted octanol–water partition coefficient (Wildman–Crippen LogP) is 4.92. The number of H-pyrrole nitrogens is 1. The van der Waals surface area contributed by atoms with Crippen LogP contribution >= 0.6 is 11.6 Å². The van der Waals surface area contributed by atoms with Gasteiger partial charge in [0, 0.05) is 35.5 Å². The van der Waals surface area contributed by atoms with Crippen LogP contribution in [0, 0.1) is 0 Å². The monoisotopic (exact) mass is 405 g/mol. The van der Waals surface area contributed by atoms with E-state index in [0.717, 1.165) is 40.1 Å². The van der Waals surface area contributed by atoms with E-state index in [1.165, 1.54) is 0 Å². The fraction of sp³-hybridized carbons (Fsp3) is 0.217. The second-order valence-electron chi connectivity index (χ2n) is 7.32. The topological polar surface area (TPSA) is 62.1 Å². The van der Waals surface area contributed by atoms with E-state index in [2.05, 4.69) is 9.97 Å². The van der Waals surface area contributed by atoms with Crippen LogP contribution < -0.4 is 0 Å². The number of aromatic amines is 1. The molecule has 1 aliphatic rings. The molecule has 0 unspecified atom stereocenters. The number of nitrogens with zero attached hydrogens (tertiary/aromatic N) is 2. The van der Waals surface area contributed by atoms with Crippen molar-refractivity contribution in [3.05, 3.63) is 88.7 Å². The van der Waals surface area contributed by atoms with Gasteiger partial charge in [0.15, 0.2) is 0 Å². The molecule has 0 saturated heterocycles. The molecule has 1 N–H and O–H groups in total. The van der Waals surface area contributed by atoms with Gasteiger partial charge in [-0.1, -0.05) is 41.9 Å². The molecule has 29 heavy (non-hydrogen) atoms. The Morgan fingerprint density at radius 3 is 2.97 bits per heavy atom.